The van der Waals surface area contributed by atoms with Gasteiger partial charge in [-0.15, -0.1) is 0 Å². The van der Waals surface area contributed by atoms with Gasteiger partial charge >= 0.3 is 0 Å². The lowest BCUT2D eigenvalue weighted by molar-refractivity contribution is 0.303. The van der Waals surface area contributed by atoms with Crippen LogP contribution in [0.2, 0.25) is 0 Å². The Balaban J connectivity index is 1.91. The average molecular weight is 292 g/mol. The topological polar surface area (TPSA) is 34.1 Å². The maximum absolute atomic E-state index is 13.0. The van der Waals surface area contributed by atoms with Crippen LogP contribution in [0.5, 0.6) is 5.75 Å². The van der Waals surface area contributed by atoms with Crippen molar-refractivity contribution in [3.8, 4) is 5.75 Å². The first kappa shape index (κ1) is 15.4. The Kier molecular flexibility index (Phi) is 5.22. The molecular formula is C16H18F2N2O. The summed E-state index contributed by atoms with van der Waals surface area (Å²) in [5.41, 5.74) is 1.35. The maximum Gasteiger partial charge on any atom is 0.138 e. The molecule has 1 heterocycles. The lowest BCUT2D eigenvalue weighted by Gasteiger charge is -2.09. The molecule has 0 atom stereocenters. The van der Waals surface area contributed by atoms with Gasteiger partial charge in [-0.3, -0.25) is 4.98 Å². The fourth-order valence-electron chi connectivity index (χ4n) is 1.77. The molecule has 2 rings (SSSR count). The van der Waals surface area contributed by atoms with E-state index in [1.54, 1.807) is 12.3 Å². The molecule has 0 saturated heterocycles. The summed E-state index contributed by atoms with van der Waals surface area (Å²) in [4.78, 5) is 4.26. The van der Waals surface area contributed by atoms with Crippen molar-refractivity contribution in [1.29, 1.82) is 0 Å². The van der Waals surface area contributed by atoms with E-state index in [0.717, 1.165) is 11.8 Å². The van der Waals surface area contributed by atoms with Gasteiger partial charge in [0.15, 0.2) is 0 Å². The number of ether oxygens (including phenoxy) is 1. The molecule has 1 aromatic carbocycles. The highest BCUT2D eigenvalue weighted by Crippen LogP contribution is 2.14. The predicted molar refractivity (Wildman–Crippen MR) is 76.9 cm³/mol. The minimum absolute atomic E-state index is 0.0972. The molecule has 0 unspecified atom stereocenters. The number of halogens is 2. The quantitative estimate of drug-likeness (QED) is 0.885. The minimum Gasteiger partial charge on any atom is -0.487 e. The number of aromatic nitrogens is 1. The lowest BCUT2D eigenvalue weighted by Crippen LogP contribution is -2.22. The van der Waals surface area contributed by atoms with Gasteiger partial charge in [-0.25, -0.2) is 8.78 Å². The van der Waals surface area contributed by atoms with Crippen molar-refractivity contribution in [3.63, 3.8) is 0 Å². The maximum atomic E-state index is 13.0. The molecule has 1 aromatic heterocycles. The summed E-state index contributed by atoms with van der Waals surface area (Å²) in [5.74, 6) is -0.656. The summed E-state index contributed by atoms with van der Waals surface area (Å²) < 4.78 is 31.6. The second-order valence-electron chi connectivity index (χ2n) is 5.09. The van der Waals surface area contributed by atoms with Gasteiger partial charge in [0.05, 0.1) is 11.9 Å². The largest absolute Gasteiger partial charge is 0.487 e. The van der Waals surface area contributed by atoms with Crippen LogP contribution in [0.1, 0.15) is 25.1 Å². The van der Waals surface area contributed by atoms with E-state index in [0.29, 0.717) is 23.9 Å². The van der Waals surface area contributed by atoms with Crippen LogP contribution in [0.25, 0.3) is 0 Å². The van der Waals surface area contributed by atoms with Crippen LogP contribution in [0.15, 0.2) is 36.5 Å². The zero-order valence-corrected chi connectivity index (χ0v) is 12.1. The zero-order valence-electron chi connectivity index (χ0n) is 12.1. The number of nitrogens with zero attached hydrogens (tertiary/aromatic N) is 1. The van der Waals surface area contributed by atoms with E-state index in [9.17, 15) is 8.78 Å². The SMILES string of the molecule is CC(C)NCc1ccc(OCc2cc(F)cc(F)c2)cn1. The fourth-order valence-corrected chi connectivity index (χ4v) is 1.77. The van der Waals surface area contributed by atoms with Gasteiger partial charge in [-0.2, -0.15) is 0 Å². The van der Waals surface area contributed by atoms with Crippen molar-refractivity contribution in [2.75, 3.05) is 0 Å². The molecule has 5 heteroatoms. The van der Waals surface area contributed by atoms with Crippen molar-refractivity contribution in [1.82, 2.24) is 10.3 Å². The molecule has 2 aromatic rings. The van der Waals surface area contributed by atoms with E-state index >= 15 is 0 Å². The Bertz CT molecular complexity index is 565. The number of benzene rings is 1. The molecule has 0 radical (unpaired) electrons. The predicted octanol–water partition coefficient (Wildman–Crippen LogP) is 3.44. The summed E-state index contributed by atoms with van der Waals surface area (Å²) in [6, 6.07) is 7.37. The highest BCUT2D eigenvalue weighted by atomic mass is 19.1. The molecule has 0 amide bonds. The monoisotopic (exact) mass is 292 g/mol. The third kappa shape index (κ3) is 5.11. The fraction of sp³-hybridized carbons (Fsp3) is 0.312. The van der Waals surface area contributed by atoms with Gasteiger partial charge < -0.3 is 10.1 Å². The highest BCUT2D eigenvalue weighted by molar-refractivity contribution is 5.22. The van der Waals surface area contributed by atoms with Crippen LogP contribution >= 0.6 is 0 Å². The highest BCUT2D eigenvalue weighted by Gasteiger charge is 2.03. The smallest absolute Gasteiger partial charge is 0.138 e. The molecule has 112 valence electrons. The van der Waals surface area contributed by atoms with E-state index in [2.05, 4.69) is 24.1 Å². The average Bonchev–Trinajstić information content (AvgIpc) is 2.43. The molecule has 0 aliphatic carbocycles. The standard InChI is InChI=1S/C16H18F2N2O/c1-11(2)19-8-15-3-4-16(9-20-15)21-10-12-5-13(17)7-14(18)6-12/h3-7,9,11,19H,8,10H2,1-2H3. The minimum atomic E-state index is -0.609. The molecule has 0 aliphatic rings. The third-order valence-corrected chi connectivity index (χ3v) is 2.82. The van der Waals surface area contributed by atoms with Crippen LogP contribution in [0.3, 0.4) is 0 Å². The van der Waals surface area contributed by atoms with Crippen molar-refractivity contribution in [2.24, 2.45) is 0 Å². The molecule has 21 heavy (non-hydrogen) atoms. The molecule has 0 fully saturated rings. The van der Waals surface area contributed by atoms with Gasteiger partial charge in [0, 0.05) is 18.7 Å². The Morgan fingerprint density at radius 3 is 2.43 bits per heavy atom. The van der Waals surface area contributed by atoms with E-state index < -0.39 is 11.6 Å². The van der Waals surface area contributed by atoms with Gasteiger partial charge in [-0.1, -0.05) is 13.8 Å². The first-order valence-electron chi connectivity index (χ1n) is 6.79. The molecule has 0 bridgehead atoms. The normalized spacial score (nSPS) is 10.9. The Morgan fingerprint density at radius 2 is 1.86 bits per heavy atom. The van der Waals surface area contributed by atoms with E-state index in [1.165, 1.54) is 12.1 Å². The van der Waals surface area contributed by atoms with Crippen molar-refractivity contribution in [3.05, 3.63) is 59.4 Å². The van der Waals surface area contributed by atoms with Crippen molar-refractivity contribution < 1.29 is 13.5 Å². The van der Waals surface area contributed by atoms with E-state index in [-0.39, 0.29) is 6.61 Å². The first-order valence-corrected chi connectivity index (χ1v) is 6.79. The molecule has 0 aliphatic heterocycles. The Morgan fingerprint density at radius 1 is 1.14 bits per heavy atom. The third-order valence-electron chi connectivity index (χ3n) is 2.82. The summed E-state index contributed by atoms with van der Waals surface area (Å²) >= 11 is 0. The molecule has 1 N–H and O–H groups in total. The molecule has 3 nitrogen and oxygen atoms in total. The van der Waals surface area contributed by atoms with E-state index in [1.807, 2.05) is 6.07 Å². The van der Waals surface area contributed by atoms with Crippen LogP contribution in [0, 0.1) is 11.6 Å². The van der Waals surface area contributed by atoms with Crippen LogP contribution in [-0.4, -0.2) is 11.0 Å². The summed E-state index contributed by atoms with van der Waals surface area (Å²) in [5, 5.41) is 3.26. The van der Waals surface area contributed by atoms with Crippen molar-refractivity contribution in [2.45, 2.75) is 33.0 Å². The first-order chi connectivity index (χ1) is 10.0. The number of hydrogen-bond donors (Lipinski definition) is 1. The molecule has 0 saturated carbocycles. The van der Waals surface area contributed by atoms with Crippen LogP contribution in [0.4, 0.5) is 8.78 Å². The number of pyridine rings is 1. The number of rotatable bonds is 6. The lowest BCUT2D eigenvalue weighted by atomic mass is 10.2. The molecular weight excluding hydrogens is 274 g/mol. The summed E-state index contributed by atoms with van der Waals surface area (Å²) in [6.45, 7) is 4.91. The second-order valence-corrected chi connectivity index (χ2v) is 5.09. The second kappa shape index (κ2) is 7.13. The number of hydrogen-bond acceptors (Lipinski definition) is 3. The van der Waals surface area contributed by atoms with E-state index in [4.69, 9.17) is 4.74 Å². The Labute approximate surface area is 123 Å². The van der Waals surface area contributed by atoms with Crippen LogP contribution in [-0.2, 0) is 13.2 Å². The van der Waals surface area contributed by atoms with Gasteiger partial charge in [0.2, 0.25) is 0 Å². The van der Waals surface area contributed by atoms with Crippen molar-refractivity contribution >= 4 is 0 Å². The zero-order chi connectivity index (χ0) is 15.2. The summed E-state index contributed by atoms with van der Waals surface area (Å²) in [6.07, 6.45) is 1.60. The van der Waals surface area contributed by atoms with Crippen LogP contribution < -0.4 is 10.1 Å². The van der Waals surface area contributed by atoms with Gasteiger partial charge in [0.1, 0.15) is 24.0 Å². The summed E-state index contributed by atoms with van der Waals surface area (Å²) in [7, 11) is 0. The number of nitrogens with one attached hydrogen (secondary N) is 1. The molecule has 0 spiro atoms. The Hall–Kier alpha value is -2.01. The van der Waals surface area contributed by atoms with Gasteiger partial charge in [-0.05, 0) is 29.8 Å². The van der Waals surface area contributed by atoms with Gasteiger partial charge in [0.25, 0.3) is 0 Å².